The number of ether oxygens (including phenoxy) is 3. The van der Waals surface area contributed by atoms with E-state index >= 15 is 0 Å². The molecule has 1 N–H and O–H groups in total. The van der Waals surface area contributed by atoms with Crippen molar-refractivity contribution >= 4 is 5.91 Å². The van der Waals surface area contributed by atoms with Gasteiger partial charge in [-0.2, -0.15) is 0 Å². The van der Waals surface area contributed by atoms with Crippen LogP contribution in [0.4, 0.5) is 0 Å². The molecule has 1 amide bonds. The highest BCUT2D eigenvalue weighted by Crippen LogP contribution is 2.28. The van der Waals surface area contributed by atoms with Gasteiger partial charge in [0.05, 0.1) is 19.3 Å². The van der Waals surface area contributed by atoms with Crippen molar-refractivity contribution in [2.45, 2.75) is 32.5 Å². The van der Waals surface area contributed by atoms with E-state index in [0.29, 0.717) is 36.1 Å². The van der Waals surface area contributed by atoms with Gasteiger partial charge >= 0.3 is 0 Å². The Morgan fingerprint density at radius 3 is 2.83 bits per heavy atom. The van der Waals surface area contributed by atoms with Crippen LogP contribution < -0.4 is 14.8 Å². The third-order valence-corrected chi connectivity index (χ3v) is 4.05. The second-order valence-corrected chi connectivity index (χ2v) is 5.82. The number of methoxy groups -OCH3 is 1. The lowest BCUT2D eigenvalue weighted by Gasteiger charge is -2.15. The Morgan fingerprint density at radius 1 is 1.43 bits per heavy atom. The Kier molecular flexibility index (Phi) is 6.04. The average molecular weight is 319 g/mol. The van der Waals surface area contributed by atoms with E-state index in [1.807, 2.05) is 0 Å². The van der Waals surface area contributed by atoms with Gasteiger partial charge in [0.2, 0.25) is 0 Å². The second kappa shape index (κ2) is 8.02. The lowest BCUT2D eigenvalue weighted by Crippen LogP contribution is -2.31. The van der Waals surface area contributed by atoms with Gasteiger partial charge in [-0.25, -0.2) is 0 Å². The molecule has 0 aromatic heterocycles. The molecule has 0 aliphatic carbocycles. The van der Waals surface area contributed by atoms with Crippen molar-refractivity contribution in [1.29, 1.82) is 0 Å². The molecule has 5 heteroatoms. The molecule has 3 atom stereocenters. The minimum atomic E-state index is -0.120. The smallest absolute Gasteiger partial charge is 0.251 e. The van der Waals surface area contributed by atoms with Crippen LogP contribution in [0.15, 0.2) is 30.9 Å². The molecule has 1 aliphatic heterocycles. The number of hydrogen-bond acceptors (Lipinski definition) is 4. The number of benzene rings is 1. The van der Waals surface area contributed by atoms with Gasteiger partial charge in [0.1, 0.15) is 6.61 Å². The molecule has 0 bridgehead atoms. The summed E-state index contributed by atoms with van der Waals surface area (Å²) in [6, 6.07) is 5.15. The maximum atomic E-state index is 12.3. The number of hydrogen-bond donors (Lipinski definition) is 1. The fourth-order valence-electron chi connectivity index (χ4n) is 2.80. The molecule has 0 radical (unpaired) electrons. The van der Waals surface area contributed by atoms with Crippen LogP contribution in [0, 0.1) is 5.92 Å². The van der Waals surface area contributed by atoms with Crippen molar-refractivity contribution in [2.75, 3.05) is 20.3 Å². The molecule has 126 valence electrons. The molecular weight excluding hydrogens is 294 g/mol. The van der Waals surface area contributed by atoms with Gasteiger partial charge in [0, 0.05) is 18.0 Å². The Balaban J connectivity index is 1.97. The van der Waals surface area contributed by atoms with E-state index in [2.05, 4.69) is 25.7 Å². The molecule has 1 aromatic carbocycles. The predicted molar refractivity (Wildman–Crippen MR) is 89.1 cm³/mol. The first-order valence-electron chi connectivity index (χ1n) is 7.90. The minimum absolute atomic E-state index is 0.120. The SMILES string of the molecule is C=CCOc1ccc(C(=O)NC[C@@H]2C[C@H](C)O[C@@H]2C)cc1OC. The van der Waals surface area contributed by atoms with Crippen LogP contribution in [0.5, 0.6) is 11.5 Å². The van der Waals surface area contributed by atoms with Crippen LogP contribution >= 0.6 is 0 Å². The summed E-state index contributed by atoms with van der Waals surface area (Å²) in [5, 5.41) is 2.97. The maximum Gasteiger partial charge on any atom is 0.251 e. The molecule has 1 aliphatic rings. The largest absolute Gasteiger partial charge is 0.493 e. The van der Waals surface area contributed by atoms with Crippen molar-refractivity contribution in [2.24, 2.45) is 5.92 Å². The maximum absolute atomic E-state index is 12.3. The number of rotatable bonds is 7. The summed E-state index contributed by atoms with van der Waals surface area (Å²) in [6.45, 7) is 8.72. The number of carbonyl (C=O) groups is 1. The molecule has 2 rings (SSSR count). The van der Waals surface area contributed by atoms with E-state index < -0.39 is 0 Å². The Hall–Kier alpha value is -2.01. The molecule has 0 unspecified atom stereocenters. The van der Waals surface area contributed by atoms with Gasteiger partial charge in [-0.3, -0.25) is 4.79 Å². The summed E-state index contributed by atoms with van der Waals surface area (Å²) in [5.74, 6) is 1.36. The molecular formula is C18H25NO4. The first-order chi connectivity index (χ1) is 11.0. The van der Waals surface area contributed by atoms with Gasteiger partial charge in [-0.1, -0.05) is 12.7 Å². The Bertz CT molecular complexity index is 558. The summed E-state index contributed by atoms with van der Waals surface area (Å²) in [4.78, 5) is 12.3. The van der Waals surface area contributed by atoms with E-state index in [0.717, 1.165) is 6.42 Å². The summed E-state index contributed by atoms with van der Waals surface area (Å²) in [7, 11) is 1.55. The van der Waals surface area contributed by atoms with E-state index in [1.165, 1.54) is 0 Å². The zero-order chi connectivity index (χ0) is 16.8. The molecule has 0 saturated carbocycles. The van der Waals surface area contributed by atoms with Crippen LogP contribution in [0.2, 0.25) is 0 Å². The topological polar surface area (TPSA) is 56.8 Å². The highest BCUT2D eigenvalue weighted by molar-refractivity contribution is 5.94. The lowest BCUT2D eigenvalue weighted by molar-refractivity contribution is 0.0557. The van der Waals surface area contributed by atoms with Crippen molar-refractivity contribution in [3.05, 3.63) is 36.4 Å². The average Bonchev–Trinajstić information content (AvgIpc) is 2.88. The second-order valence-electron chi connectivity index (χ2n) is 5.82. The summed E-state index contributed by atoms with van der Waals surface area (Å²) < 4.78 is 16.5. The normalized spacial score (nSPS) is 23.3. The first-order valence-corrected chi connectivity index (χ1v) is 7.90. The number of nitrogens with one attached hydrogen (secondary N) is 1. The van der Waals surface area contributed by atoms with E-state index in [-0.39, 0.29) is 18.1 Å². The standard InChI is InChI=1S/C18H25NO4/c1-5-8-22-16-7-6-14(10-17(16)21-4)18(20)19-11-15-9-12(2)23-13(15)3/h5-7,10,12-13,15H,1,8-9,11H2,2-4H3,(H,19,20)/t12-,13+,15-/m0/s1. The molecule has 5 nitrogen and oxygen atoms in total. The summed E-state index contributed by atoms with van der Waals surface area (Å²) in [5.41, 5.74) is 0.549. The fourth-order valence-corrected chi connectivity index (χ4v) is 2.80. The zero-order valence-corrected chi connectivity index (χ0v) is 14.0. The molecule has 1 heterocycles. The van der Waals surface area contributed by atoms with Gasteiger partial charge < -0.3 is 19.5 Å². The third-order valence-electron chi connectivity index (χ3n) is 4.05. The third kappa shape index (κ3) is 4.48. The van der Waals surface area contributed by atoms with Crippen LogP contribution in [0.3, 0.4) is 0 Å². The van der Waals surface area contributed by atoms with Crippen molar-refractivity contribution in [3.8, 4) is 11.5 Å². The van der Waals surface area contributed by atoms with Gasteiger partial charge in [-0.15, -0.1) is 0 Å². The number of carbonyl (C=O) groups excluding carboxylic acids is 1. The van der Waals surface area contributed by atoms with E-state index in [4.69, 9.17) is 14.2 Å². The zero-order valence-electron chi connectivity index (χ0n) is 14.0. The molecule has 1 fully saturated rings. The van der Waals surface area contributed by atoms with Crippen LogP contribution in [-0.4, -0.2) is 38.4 Å². The quantitative estimate of drug-likeness (QED) is 0.785. The van der Waals surface area contributed by atoms with Crippen LogP contribution in [0.25, 0.3) is 0 Å². The van der Waals surface area contributed by atoms with Crippen molar-refractivity contribution < 1.29 is 19.0 Å². The predicted octanol–water partition coefficient (Wildman–Crippen LogP) is 2.80. The Labute approximate surface area is 137 Å². The van der Waals surface area contributed by atoms with E-state index in [1.54, 1.807) is 31.4 Å². The number of amides is 1. The van der Waals surface area contributed by atoms with E-state index in [9.17, 15) is 4.79 Å². The summed E-state index contributed by atoms with van der Waals surface area (Å²) >= 11 is 0. The van der Waals surface area contributed by atoms with Crippen molar-refractivity contribution in [1.82, 2.24) is 5.32 Å². The van der Waals surface area contributed by atoms with Crippen LogP contribution in [-0.2, 0) is 4.74 Å². The van der Waals surface area contributed by atoms with Gasteiger partial charge in [-0.05, 0) is 38.5 Å². The molecule has 23 heavy (non-hydrogen) atoms. The highest BCUT2D eigenvalue weighted by atomic mass is 16.5. The highest BCUT2D eigenvalue weighted by Gasteiger charge is 2.29. The van der Waals surface area contributed by atoms with Gasteiger partial charge in [0.25, 0.3) is 5.91 Å². The van der Waals surface area contributed by atoms with Crippen molar-refractivity contribution in [3.63, 3.8) is 0 Å². The fraction of sp³-hybridized carbons (Fsp3) is 0.500. The molecule has 1 saturated heterocycles. The van der Waals surface area contributed by atoms with Gasteiger partial charge in [0.15, 0.2) is 11.5 Å². The minimum Gasteiger partial charge on any atom is -0.493 e. The monoisotopic (exact) mass is 319 g/mol. The Morgan fingerprint density at radius 2 is 2.22 bits per heavy atom. The molecule has 1 aromatic rings. The lowest BCUT2D eigenvalue weighted by atomic mass is 10.0. The van der Waals surface area contributed by atoms with Crippen LogP contribution in [0.1, 0.15) is 30.6 Å². The summed E-state index contributed by atoms with van der Waals surface area (Å²) in [6.07, 6.45) is 3.06. The first kappa shape index (κ1) is 17.3. The molecule has 0 spiro atoms.